The maximum Gasteiger partial charge on any atom is 0.416 e. The quantitative estimate of drug-likeness (QED) is 0.676. The molecule has 2 aromatic rings. The lowest BCUT2D eigenvalue weighted by Crippen LogP contribution is -2.49. The molecule has 4 rings (SSSR count). The second-order valence-electron chi connectivity index (χ2n) is 7.68. The first-order valence-corrected chi connectivity index (χ1v) is 11.7. The molecule has 32 heavy (non-hydrogen) atoms. The third-order valence-electron chi connectivity index (χ3n) is 5.50. The molecule has 2 aliphatic heterocycles. The Labute approximate surface area is 184 Å². The van der Waals surface area contributed by atoms with E-state index in [9.17, 15) is 21.6 Å². The van der Waals surface area contributed by atoms with E-state index in [4.69, 9.17) is 4.74 Å². The third kappa shape index (κ3) is 4.81. The molecule has 3 heterocycles. The van der Waals surface area contributed by atoms with Gasteiger partial charge < -0.3 is 14.5 Å². The van der Waals surface area contributed by atoms with E-state index in [1.807, 2.05) is 17.9 Å². The fraction of sp³-hybridized carbons (Fsp3) is 0.500. The highest BCUT2D eigenvalue weighted by Gasteiger charge is 2.33. The molecular formula is C20H24F3N5O3S. The van der Waals surface area contributed by atoms with E-state index in [0.717, 1.165) is 35.8 Å². The number of rotatable bonds is 4. The first-order valence-electron chi connectivity index (χ1n) is 10.3. The van der Waals surface area contributed by atoms with Gasteiger partial charge in [-0.1, -0.05) is 0 Å². The highest BCUT2D eigenvalue weighted by molar-refractivity contribution is 7.89. The molecule has 12 heteroatoms. The van der Waals surface area contributed by atoms with Crippen LogP contribution in [0.1, 0.15) is 11.3 Å². The Kier molecular flexibility index (Phi) is 6.28. The van der Waals surface area contributed by atoms with Gasteiger partial charge in [0.15, 0.2) is 0 Å². The predicted molar refractivity (Wildman–Crippen MR) is 112 cm³/mol. The summed E-state index contributed by atoms with van der Waals surface area (Å²) in [4.78, 5) is 13.1. The van der Waals surface area contributed by atoms with Gasteiger partial charge in [0, 0.05) is 51.0 Å². The summed E-state index contributed by atoms with van der Waals surface area (Å²) in [5, 5.41) is 0. The van der Waals surface area contributed by atoms with Gasteiger partial charge in [-0.3, -0.25) is 0 Å². The summed E-state index contributed by atoms with van der Waals surface area (Å²) in [7, 11) is -3.88. The van der Waals surface area contributed by atoms with Crippen LogP contribution in [0.3, 0.4) is 0 Å². The van der Waals surface area contributed by atoms with Crippen LogP contribution in [0.2, 0.25) is 0 Å². The zero-order valence-corrected chi connectivity index (χ0v) is 18.4. The standard InChI is InChI=1S/C20H24F3N5O3S/c1-15-14-18(25-19(24-15)27-10-12-31-13-11-27)26-6-8-28(9-7-26)32(29,30)17-4-2-16(3-5-17)20(21,22)23/h2-5,14H,6-13H2,1H3. The van der Waals surface area contributed by atoms with Gasteiger partial charge >= 0.3 is 6.18 Å². The molecule has 0 atom stereocenters. The van der Waals surface area contributed by atoms with Crippen molar-refractivity contribution in [3.63, 3.8) is 0 Å². The fourth-order valence-electron chi connectivity index (χ4n) is 3.73. The van der Waals surface area contributed by atoms with Gasteiger partial charge in [0.05, 0.1) is 23.7 Å². The Morgan fingerprint density at radius 1 is 0.906 bits per heavy atom. The second kappa shape index (κ2) is 8.83. The number of alkyl halides is 3. The lowest BCUT2D eigenvalue weighted by molar-refractivity contribution is -0.137. The first-order chi connectivity index (χ1) is 15.1. The molecule has 1 aromatic heterocycles. The summed E-state index contributed by atoms with van der Waals surface area (Å²) in [5.41, 5.74) is -0.0622. The number of halogens is 3. The Morgan fingerprint density at radius 2 is 1.53 bits per heavy atom. The maximum absolute atomic E-state index is 12.9. The van der Waals surface area contributed by atoms with E-state index in [1.54, 1.807) is 0 Å². The van der Waals surface area contributed by atoms with Crippen LogP contribution in [-0.4, -0.2) is 75.2 Å². The van der Waals surface area contributed by atoms with Crippen molar-refractivity contribution in [2.45, 2.75) is 18.0 Å². The Balaban J connectivity index is 1.45. The fourth-order valence-corrected chi connectivity index (χ4v) is 5.15. The normalized spacial score (nSPS) is 18.8. The molecule has 2 saturated heterocycles. The topological polar surface area (TPSA) is 78.9 Å². The van der Waals surface area contributed by atoms with Crippen molar-refractivity contribution < 1.29 is 26.3 Å². The molecule has 0 radical (unpaired) electrons. The van der Waals surface area contributed by atoms with Crippen molar-refractivity contribution in [1.82, 2.24) is 14.3 Å². The van der Waals surface area contributed by atoms with E-state index < -0.39 is 21.8 Å². The molecule has 0 aliphatic carbocycles. The molecule has 0 saturated carbocycles. The highest BCUT2D eigenvalue weighted by atomic mass is 32.2. The lowest BCUT2D eigenvalue weighted by atomic mass is 10.2. The second-order valence-corrected chi connectivity index (χ2v) is 9.62. The molecule has 0 amide bonds. The number of aromatic nitrogens is 2. The van der Waals surface area contributed by atoms with Gasteiger partial charge in [-0.05, 0) is 31.2 Å². The summed E-state index contributed by atoms with van der Waals surface area (Å²) in [6.45, 7) is 5.79. The molecule has 2 aliphatic rings. The minimum absolute atomic E-state index is 0.147. The Bertz CT molecular complexity index is 1050. The van der Waals surface area contributed by atoms with Crippen LogP contribution in [0.4, 0.5) is 24.9 Å². The van der Waals surface area contributed by atoms with E-state index in [-0.39, 0.29) is 18.0 Å². The largest absolute Gasteiger partial charge is 0.416 e. The monoisotopic (exact) mass is 471 g/mol. The lowest BCUT2D eigenvalue weighted by Gasteiger charge is -2.35. The van der Waals surface area contributed by atoms with Crippen molar-refractivity contribution >= 4 is 21.8 Å². The van der Waals surface area contributed by atoms with Crippen LogP contribution < -0.4 is 9.80 Å². The number of morpholine rings is 1. The van der Waals surface area contributed by atoms with E-state index >= 15 is 0 Å². The van der Waals surface area contributed by atoms with E-state index in [1.165, 1.54) is 4.31 Å². The molecule has 0 unspecified atom stereocenters. The van der Waals surface area contributed by atoms with Crippen molar-refractivity contribution in [2.75, 3.05) is 62.3 Å². The SMILES string of the molecule is Cc1cc(N2CCN(S(=O)(=O)c3ccc(C(F)(F)F)cc3)CC2)nc(N2CCOCC2)n1. The van der Waals surface area contributed by atoms with Gasteiger partial charge in [0.25, 0.3) is 0 Å². The molecule has 8 nitrogen and oxygen atoms in total. The number of piperazine rings is 1. The average Bonchev–Trinajstić information content (AvgIpc) is 2.79. The van der Waals surface area contributed by atoms with Gasteiger partial charge in [0.1, 0.15) is 5.82 Å². The molecule has 0 spiro atoms. The molecular weight excluding hydrogens is 447 g/mol. The summed E-state index contributed by atoms with van der Waals surface area (Å²) in [5.74, 6) is 1.36. The number of hydrogen-bond acceptors (Lipinski definition) is 7. The Morgan fingerprint density at radius 3 is 2.12 bits per heavy atom. The number of anilines is 2. The van der Waals surface area contributed by atoms with Crippen LogP contribution in [0, 0.1) is 6.92 Å². The summed E-state index contributed by atoms with van der Waals surface area (Å²) >= 11 is 0. The van der Waals surface area contributed by atoms with Crippen LogP contribution in [0.5, 0.6) is 0 Å². The number of aryl methyl sites for hydroxylation is 1. The van der Waals surface area contributed by atoms with Crippen LogP contribution in [0.15, 0.2) is 35.2 Å². The van der Waals surface area contributed by atoms with Crippen LogP contribution >= 0.6 is 0 Å². The van der Waals surface area contributed by atoms with Crippen LogP contribution in [0.25, 0.3) is 0 Å². The molecule has 2 fully saturated rings. The summed E-state index contributed by atoms with van der Waals surface area (Å²) < 4.78 is 70.7. The van der Waals surface area contributed by atoms with Crippen molar-refractivity contribution in [1.29, 1.82) is 0 Å². The zero-order chi connectivity index (χ0) is 22.9. The summed E-state index contributed by atoms with van der Waals surface area (Å²) in [6, 6.07) is 5.46. The minimum Gasteiger partial charge on any atom is -0.378 e. The maximum atomic E-state index is 12.9. The predicted octanol–water partition coefficient (Wildman–Crippen LogP) is 2.15. The number of hydrogen-bond donors (Lipinski definition) is 0. The minimum atomic E-state index is -4.51. The highest BCUT2D eigenvalue weighted by Crippen LogP contribution is 2.30. The summed E-state index contributed by atoms with van der Waals surface area (Å²) in [6.07, 6.45) is -4.51. The van der Waals surface area contributed by atoms with Crippen molar-refractivity contribution in [3.05, 3.63) is 41.6 Å². The van der Waals surface area contributed by atoms with Gasteiger partial charge in [0.2, 0.25) is 16.0 Å². The average molecular weight is 472 g/mol. The molecule has 1 aromatic carbocycles. The Hall–Kier alpha value is -2.44. The number of benzene rings is 1. The number of nitrogens with zero attached hydrogens (tertiary/aromatic N) is 5. The van der Waals surface area contributed by atoms with Gasteiger partial charge in [-0.15, -0.1) is 0 Å². The van der Waals surface area contributed by atoms with Crippen LogP contribution in [-0.2, 0) is 20.9 Å². The number of ether oxygens (including phenoxy) is 1. The zero-order valence-electron chi connectivity index (χ0n) is 17.5. The molecule has 174 valence electrons. The smallest absolute Gasteiger partial charge is 0.378 e. The van der Waals surface area contributed by atoms with Gasteiger partial charge in [-0.25, -0.2) is 13.4 Å². The third-order valence-corrected chi connectivity index (χ3v) is 7.42. The van der Waals surface area contributed by atoms with Crippen molar-refractivity contribution in [2.24, 2.45) is 0 Å². The molecule has 0 bridgehead atoms. The van der Waals surface area contributed by atoms with E-state index in [2.05, 4.69) is 14.9 Å². The van der Waals surface area contributed by atoms with Gasteiger partial charge in [-0.2, -0.15) is 22.5 Å². The number of sulfonamides is 1. The van der Waals surface area contributed by atoms with Crippen molar-refractivity contribution in [3.8, 4) is 0 Å². The molecule has 0 N–H and O–H groups in total. The van der Waals surface area contributed by atoms with E-state index in [0.29, 0.717) is 45.3 Å². The first kappa shape index (κ1) is 22.7.